The highest BCUT2D eigenvalue weighted by Gasteiger charge is 2.20. The van der Waals surface area contributed by atoms with Gasteiger partial charge in [-0.25, -0.2) is 4.98 Å². The van der Waals surface area contributed by atoms with Gasteiger partial charge >= 0.3 is 0 Å². The number of nitrogens with one attached hydrogen (secondary N) is 2. The van der Waals surface area contributed by atoms with Crippen molar-refractivity contribution in [1.29, 1.82) is 0 Å². The standard InChI is InChI=1S/C21H27N5O/c1-16-24-19-8-2-5-17(6-4-12-25-13-10-22-11-14-25)20(19)21(27)26(16)18-7-3-9-23-15-18/h2,5,8,18,22-23H,3,7,9-15H2,1H3. The van der Waals surface area contributed by atoms with Crippen molar-refractivity contribution in [2.45, 2.75) is 25.8 Å². The Labute approximate surface area is 160 Å². The lowest BCUT2D eigenvalue weighted by Crippen LogP contribution is -2.43. The quantitative estimate of drug-likeness (QED) is 0.774. The van der Waals surface area contributed by atoms with E-state index in [4.69, 9.17) is 4.98 Å². The average molecular weight is 365 g/mol. The molecule has 2 aliphatic heterocycles. The van der Waals surface area contributed by atoms with Crippen LogP contribution in [0.1, 0.15) is 30.3 Å². The second kappa shape index (κ2) is 8.22. The SMILES string of the molecule is Cc1nc2cccc(C#CCN3CCNCC3)c2c(=O)n1C1CCCNC1. The summed E-state index contributed by atoms with van der Waals surface area (Å²) in [5.74, 6) is 7.29. The largest absolute Gasteiger partial charge is 0.315 e. The molecule has 0 bridgehead atoms. The highest BCUT2D eigenvalue weighted by molar-refractivity contribution is 5.84. The first kappa shape index (κ1) is 18.2. The van der Waals surface area contributed by atoms with E-state index in [0.717, 1.165) is 75.6 Å². The molecule has 2 aromatic rings. The normalized spacial score (nSPS) is 21.0. The summed E-state index contributed by atoms with van der Waals surface area (Å²) in [7, 11) is 0. The molecule has 142 valence electrons. The van der Waals surface area contributed by atoms with E-state index < -0.39 is 0 Å². The molecule has 6 heteroatoms. The van der Waals surface area contributed by atoms with Crippen LogP contribution in [-0.2, 0) is 0 Å². The van der Waals surface area contributed by atoms with Gasteiger partial charge in [0.25, 0.3) is 5.56 Å². The molecule has 1 aromatic heterocycles. The topological polar surface area (TPSA) is 62.2 Å². The summed E-state index contributed by atoms with van der Waals surface area (Å²) < 4.78 is 1.87. The third-order valence-electron chi connectivity index (χ3n) is 5.48. The monoisotopic (exact) mass is 365 g/mol. The van der Waals surface area contributed by atoms with Gasteiger partial charge in [-0.3, -0.25) is 14.3 Å². The summed E-state index contributed by atoms with van der Waals surface area (Å²) >= 11 is 0. The maximum Gasteiger partial charge on any atom is 0.262 e. The summed E-state index contributed by atoms with van der Waals surface area (Å²) in [6.45, 7) is 8.58. The van der Waals surface area contributed by atoms with Crippen LogP contribution in [0.2, 0.25) is 0 Å². The number of piperazine rings is 1. The zero-order valence-corrected chi connectivity index (χ0v) is 15.9. The minimum Gasteiger partial charge on any atom is -0.315 e. The molecule has 1 unspecified atom stereocenters. The summed E-state index contributed by atoms with van der Waals surface area (Å²) in [5, 5.41) is 7.40. The van der Waals surface area contributed by atoms with Crippen LogP contribution in [0.3, 0.4) is 0 Å². The molecule has 1 atom stereocenters. The number of rotatable bonds is 2. The zero-order valence-electron chi connectivity index (χ0n) is 15.9. The molecule has 2 saturated heterocycles. The molecular formula is C21H27N5O. The lowest BCUT2D eigenvalue weighted by Gasteiger charge is -2.26. The van der Waals surface area contributed by atoms with Crippen LogP contribution < -0.4 is 16.2 Å². The number of hydrogen-bond donors (Lipinski definition) is 2. The Morgan fingerprint density at radius 1 is 1.22 bits per heavy atom. The second-order valence-electron chi connectivity index (χ2n) is 7.36. The number of hydrogen-bond acceptors (Lipinski definition) is 5. The van der Waals surface area contributed by atoms with E-state index in [1.54, 1.807) is 0 Å². The van der Waals surface area contributed by atoms with Crippen LogP contribution in [0.4, 0.5) is 0 Å². The number of nitrogens with zero attached hydrogens (tertiary/aromatic N) is 3. The van der Waals surface area contributed by atoms with Crippen molar-refractivity contribution in [2.24, 2.45) is 0 Å². The highest BCUT2D eigenvalue weighted by atomic mass is 16.1. The minimum atomic E-state index is 0.0401. The van der Waals surface area contributed by atoms with E-state index in [0.29, 0.717) is 5.39 Å². The van der Waals surface area contributed by atoms with Gasteiger partial charge in [0.1, 0.15) is 5.82 Å². The number of fused-ring (bicyclic) bond motifs is 1. The third-order valence-corrected chi connectivity index (χ3v) is 5.48. The van der Waals surface area contributed by atoms with Crippen molar-refractivity contribution < 1.29 is 0 Å². The first-order valence-corrected chi connectivity index (χ1v) is 9.88. The van der Waals surface area contributed by atoms with E-state index in [-0.39, 0.29) is 11.6 Å². The van der Waals surface area contributed by atoms with Crippen molar-refractivity contribution in [3.63, 3.8) is 0 Å². The molecule has 27 heavy (non-hydrogen) atoms. The second-order valence-corrected chi connectivity index (χ2v) is 7.36. The summed E-state index contributed by atoms with van der Waals surface area (Å²) in [6, 6.07) is 5.96. The molecule has 0 amide bonds. The molecule has 4 rings (SSSR count). The van der Waals surface area contributed by atoms with Gasteiger partial charge in [-0.05, 0) is 38.4 Å². The van der Waals surface area contributed by atoms with E-state index in [9.17, 15) is 4.79 Å². The van der Waals surface area contributed by atoms with Crippen molar-refractivity contribution in [2.75, 3.05) is 45.8 Å². The van der Waals surface area contributed by atoms with E-state index in [1.807, 2.05) is 29.7 Å². The van der Waals surface area contributed by atoms with Gasteiger partial charge in [0.05, 0.1) is 23.5 Å². The lowest BCUT2D eigenvalue weighted by atomic mass is 10.1. The molecular weight excluding hydrogens is 338 g/mol. The molecule has 2 aliphatic rings. The van der Waals surface area contributed by atoms with E-state index in [2.05, 4.69) is 27.4 Å². The predicted octanol–water partition coefficient (Wildman–Crippen LogP) is 0.886. The van der Waals surface area contributed by atoms with Crippen LogP contribution in [0.5, 0.6) is 0 Å². The molecule has 0 spiro atoms. The average Bonchev–Trinajstić information content (AvgIpc) is 2.69. The number of aryl methyl sites for hydroxylation is 1. The van der Waals surface area contributed by atoms with Gasteiger partial charge in [-0.15, -0.1) is 0 Å². The van der Waals surface area contributed by atoms with Gasteiger partial charge in [-0.1, -0.05) is 17.9 Å². The Balaban J connectivity index is 1.70. The summed E-state index contributed by atoms with van der Waals surface area (Å²) in [4.78, 5) is 20.4. The van der Waals surface area contributed by atoms with Crippen LogP contribution >= 0.6 is 0 Å². The van der Waals surface area contributed by atoms with E-state index in [1.165, 1.54) is 0 Å². The Kier molecular flexibility index (Phi) is 5.53. The minimum absolute atomic E-state index is 0.0401. The molecule has 3 heterocycles. The molecule has 0 radical (unpaired) electrons. The Bertz CT molecular complexity index is 927. The number of aromatic nitrogens is 2. The molecule has 2 N–H and O–H groups in total. The fourth-order valence-corrected chi connectivity index (χ4v) is 4.06. The number of piperidine rings is 1. The molecule has 6 nitrogen and oxygen atoms in total. The van der Waals surface area contributed by atoms with Gasteiger partial charge in [0.15, 0.2) is 0 Å². The third kappa shape index (κ3) is 3.91. The molecule has 1 aromatic carbocycles. The van der Waals surface area contributed by atoms with Crippen LogP contribution in [0.15, 0.2) is 23.0 Å². The van der Waals surface area contributed by atoms with Gasteiger partial charge < -0.3 is 10.6 Å². The first-order chi connectivity index (χ1) is 13.2. The van der Waals surface area contributed by atoms with Gasteiger partial charge in [-0.2, -0.15) is 0 Å². The van der Waals surface area contributed by atoms with Gasteiger partial charge in [0, 0.05) is 38.3 Å². The molecule has 0 saturated carbocycles. The molecule has 2 fully saturated rings. The van der Waals surface area contributed by atoms with Crippen LogP contribution in [-0.4, -0.2) is 60.3 Å². The Morgan fingerprint density at radius 3 is 2.85 bits per heavy atom. The van der Waals surface area contributed by atoms with E-state index >= 15 is 0 Å². The fraction of sp³-hybridized carbons (Fsp3) is 0.524. The van der Waals surface area contributed by atoms with Crippen molar-refractivity contribution in [3.05, 3.63) is 39.9 Å². The van der Waals surface area contributed by atoms with Gasteiger partial charge in [0.2, 0.25) is 0 Å². The Hall–Kier alpha value is -2.20. The van der Waals surface area contributed by atoms with Crippen molar-refractivity contribution in [3.8, 4) is 11.8 Å². The maximum atomic E-state index is 13.3. The number of benzene rings is 1. The van der Waals surface area contributed by atoms with Crippen LogP contribution in [0.25, 0.3) is 10.9 Å². The Morgan fingerprint density at radius 2 is 2.07 bits per heavy atom. The molecule has 0 aliphatic carbocycles. The summed E-state index contributed by atoms with van der Waals surface area (Å²) in [6.07, 6.45) is 2.10. The fourth-order valence-electron chi connectivity index (χ4n) is 4.06. The van der Waals surface area contributed by atoms with Crippen molar-refractivity contribution in [1.82, 2.24) is 25.1 Å². The smallest absolute Gasteiger partial charge is 0.262 e. The van der Waals surface area contributed by atoms with Crippen molar-refractivity contribution >= 4 is 10.9 Å². The van der Waals surface area contributed by atoms with Crippen LogP contribution in [0, 0.1) is 18.8 Å². The maximum absolute atomic E-state index is 13.3. The first-order valence-electron chi connectivity index (χ1n) is 9.88. The summed E-state index contributed by atoms with van der Waals surface area (Å²) in [5.41, 5.74) is 1.57. The predicted molar refractivity (Wildman–Crippen MR) is 108 cm³/mol. The lowest BCUT2D eigenvalue weighted by molar-refractivity contribution is 0.268. The highest BCUT2D eigenvalue weighted by Crippen LogP contribution is 2.19. The zero-order chi connectivity index (χ0) is 18.6.